The number of aromatic nitrogens is 4. The second-order valence-corrected chi connectivity index (χ2v) is 19.7. The first kappa shape index (κ1) is 23.4. The highest BCUT2D eigenvalue weighted by atomic mass is 28.3. The zero-order valence-electron chi connectivity index (χ0n) is 18.6. The lowest BCUT2D eigenvalue weighted by molar-refractivity contribution is -0.190. The molecule has 3 rings (SSSR count). The molecule has 11 heteroatoms. The van der Waals surface area contributed by atoms with E-state index in [9.17, 15) is 13.2 Å². The van der Waals surface area contributed by atoms with Gasteiger partial charge in [0.15, 0.2) is 11.9 Å². The Hall–Kier alpha value is -2.28. The average molecular weight is 471 g/mol. The van der Waals surface area contributed by atoms with Crippen molar-refractivity contribution in [3.8, 4) is 17.0 Å². The summed E-state index contributed by atoms with van der Waals surface area (Å²) in [5.74, 6) is -1.45. The van der Waals surface area contributed by atoms with Crippen LogP contribution in [0.15, 0.2) is 24.5 Å². The number of fused-ring (bicyclic) bond motifs is 1. The minimum atomic E-state index is -4.61. The van der Waals surface area contributed by atoms with E-state index in [1.54, 1.807) is 10.7 Å². The number of rotatable bonds is 5. The summed E-state index contributed by atoms with van der Waals surface area (Å²) < 4.78 is 61.0. The first-order valence-corrected chi connectivity index (χ1v) is 16.9. The Kier molecular flexibility index (Phi) is 5.81. The van der Waals surface area contributed by atoms with E-state index in [0.717, 1.165) is 23.3 Å². The molecule has 0 unspecified atom stereocenters. The molecule has 0 spiro atoms. The SMILES string of the molecule is C[C@@H](Oc1ncc(-c2cc([Si](C)(C)C)n3nncc3c2)c([Si](C)(C)C)c1F)C(F)(F)F. The number of ether oxygens (including phenoxy) is 1. The minimum absolute atomic E-state index is 0.380. The largest absolute Gasteiger partial charge is 0.463 e. The number of nitrogens with zero attached hydrogens (tertiary/aromatic N) is 4. The molecule has 3 heterocycles. The molecule has 0 aliphatic rings. The third-order valence-electron chi connectivity index (χ3n) is 4.97. The van der Waals surface area contributed by atoms with Gasteiger partial charge in [-0.2, -0.15) is 13.2 Å². The maximum Gasteiger partial charge on any atom is 0.425 e. The molecule has 1 atom stereocenters. The molecule has 0 aromatic carbocycles. The fourth-order valence-electron chi connectivity index (χ4n) is 3.37. The molecule has 0 fully saturated rings. The quantitative estimate of drug-likeness (QED) is 0.411. The highest BCUT2D eigenvalue weighted by molar-refractivity contribution is 6.90. The van der Waals surface area contributed by atoms with Crippen LogP contribution in [0.2, 0.25) is 39.3 Å². The van der Waals surface area contributed by atoms with Crippen LogP contribution >= 0.6 is 0 Å². The van der Waals surface area contributed by atoms with Crippen molar-refractivity contribution in [2.45, 2.75) is 58.5 Å². The fourth-order valence-corrected chi connectivity index (χ4v) is 6.55. The van der Waals surface area contributed by atoms with Crippen LogP contribution < -0.4 is 15.2 Å². The highest BCUT2D eigenvalue weighted by Gasteiger charge is 2.39. The lowest BCUT2D eigenvalue weighted by Gasteiger charge is -2.25. The van der Waals surface area contributed by atoms with Gasteiger partial charge < -0.3 is 4.74 Å². The molecule has 0 aliphatic carbocycles. The zero-order valence-corrected chi connectivity index (χ0v) is 20.6. The van der Waals surface area contributed by atoms with Crippen molar-refractivity contribution in [1.29, 1.82) is 0 Å². The summed E-state index contributed by atoms with van der Waals surface area (Å²) in [6.07, 6.45) is -3.73. The van der Waals surface area contributed by atoms with Crippen LogP contribution in [0.1, 0.15) is 6.92 Å². The molecular formula is C20H26F4N4OSi2. The summed E-state index contributed by atoms with van der Waals surface area (Å²) in [5, 5.41) is 9.55. The third kappa shape index (κ3) is 4.66. The molecular weight excluding hydrogens is 444 g/mol. The number of pyridine rings is 2. The summed E-state index contributed by atoms with van der Waals surface area (Å²) in [7, 11) is -4.20. The second-order valence-electron chi connectivity index (χ2n) is 9.67. The van der Waals surface area contributed by atoms with Gasteiger partial charge in [-0.1, -0.05) is 44.5 Å². The second kappa shape index (κ2) is 7.70. The molecule has 0 aliphatic heterocycles. The van der Waals surface area contributed by atoms with Crippen molar-refractivity contribution in [3.63, 3.8) is 0 Å². The Morgan fingerprint density at radius 1 is 1.00 bits per heavy atom. The van der Waals surface area contributed by atoms with Crippen molar-refractivity contribution in [3.05, 3.63) is 30.3 Å². The van der Waals surface area contributed by atoms with E-state index >= 15 is 4.39 Å². The molecule has 168 valence electrons. The molecule has 0 saturated heterocycles. The van der Waals surface area contributed by atoms with E-state index < -0.39 is 40.1 Å². The molecule has 0 bridgehead atoms. The van der Waals surface area contributed by atoms with Gasteiger partial charge in [0, 0.05) is 17.1 Å². The van der Waals surface area contributed by atoms with Crippen LogP contribution in [0.3, 0.4) is 0 Å². The van der Waals surface area contributed by atoms with Gasteiger partial charge in [0.05, 0.1) is 19.8 Å². The average Bonchev–Trinajstić information content (AvgIpc) is 3.07. The predicted molar refractivity (Wildman–Crippen MR) is 118 cm³/mol. The van der Waals surface area contributed by atoms with E-state index in [2.05, 4.69) is 34.9 Å². The molecule has 0 radical (unpaired) electrons. The van der Waals surface area contributed by atoms with Gasteiger partial charge in [0.1, 0.15) is 8.07 Å². The molecule has 3 aromatic rings. The van der Waals surface area contributed by atoms with Crippen LogP contribution in [0.4, 0.5) is 17.6 Å². The standard InChI is InChI=1S/C20H26F4N4OSi2/c1-12(20(22,23)24)29-19-17(21)18(31(5,6)7)15(11-25-19)13-8-14-10-26-27-28(14)16(9-13)30(2,3)4/h8-12H,1-7H3/t12-/m1/s1. The van der Waals surface area contributed by atoms with Gasteiger partial charge in [0.25, 0.3) is 5.88 Å². The number of hydrogen-bond acceptors (Lipinski definition) is 4. The van der Waals surface area contributed by atoms with Gasteiger partial charge in [0.2, 0.25) is 0 Å². The predicted octanol–water partition coefficient (Wildman–Crippen LogP) is 4.35. The summed E-state index contributed by atoms with van der Waals surface area (Å²) >= 11 is 0. The van der Waals surface area contributed by atoms with Crippen LogP contribution in [-0.4, -0.2) is 48.2 Å². The maximum absolute atomic E-state index is 15.5. The molecule has 3 aromatic heterocycles. The monoisotopic (exact) mass is 470 g/mol. The van der Waals surface area contributed by atoms with Crippen LogP contribution in [-0.2, 0) is 0 Å². The van der Waals surface area contributed by atoms with Crippen molar-refractivity contribution >= 4 is 32.2 Å². The molecule has 0 N–H and O–H groups in total. The van der Waals surface area contributed by atoms with Gasteiger partial charge >= 0.3 is 6.18 Å². The Morgan fingerprint density at radius 3 is 2.19 bits per heavy atom. The van der Waals surface area contributed by atoms with Crippen LogP contribution in [0.5, 0.6) is 5.88 Å². The topological polar surface area (TPSA) is 52.3 Å². The Balaban J connectivity index is 2.24. The maximum atomic E-state index is 15.5. The first-order chi connectivity index (χ1) is 14.1. The van der Waals surface area contributed by atoms with E-state index in [0.29, 0.717) is 10.8 Å². The van der Waals surface area contributed by atoms with Crippen molar-refractivity contribution in [1.82, 2.24) is 19.8 Å². The van der Waals surface area contributed by atoms with Gasteiger partial charge in [-0.25, -0.2) is 13.9 Å². The zero-order chi connectivity index (χ0) is 23.4. The summed E-state index contributed by atoms with van der Waals surface area (Å²) in [5.41, 5.74) is 2.07. The Bertz CT molecular complexity index is 1120. The fraction of sp³-hybridized carbons (Fsp3) is 0.450. The summed E-state index contributed by atoms with van der Waals surface area (Å²) in [6, 6.07) is 3.81. The smallest absolute Gasteiger partial charge is 0.425 e. The highest BCUT2D eigenvalue weighted by Crippen LogP contribution is 2.29. The van der Waals surface area contributed by atoms with E-state index in [-0.39, 0.29) is 0 Å². The van der Waals surface area contributed by atoms with Crippen LogP contribution in [0.25, 0.3) is 16.6 Å². The summed E-state index contributed by atoms with van der Waals surface area (Å²) in [6.45, 7) is 13.1. The molecule has 0 amide bonds. The number of alkyl halides is 3. The molecule has 5 nitrogen and oxygen atoms in total. The molecule has 0 saturated carbocycles. The van der Waals surface area contributed by atoms with Gasteiger partial charge in [-0.3, -0.25) is 0 Å². The van der Waals surface area contributed by atoms with Crippen molar-refractivity contribution in [2.75, 3.05) is 0 Å². The Morgan fingerprint density at radius 2 is 1.65 bits per heavy atom. The minimum Gasteiger partial charge on any atom is -0.463 e. The van der Waals surface area contributed by atoms with E-state index in [4.69, 9.17) is 4.74 Å². The van der Waals surface area contributed by atoms with Crippen molar-refractivity contribution in [2.24, 2.45) is 0 Å². The van der Waals surface area contributed by atoms with Crippen molar-refractivity contribution < 1.29 is 22.3 Å². The van der Waals surface area contributed by atoms with E-state index in [1.165, 1.54) is 6.20 Å². The normalized spacial score (nSPS) is 14.2. The lowest BCUT2D eigenvalue weighted by atomic mass is 10.1. The third-order valence-corrected chi connectivity index (χ3v) is 8.85. The van der Waals surface area contributed by atoms with Gasteiger partial charge in [-0.15, -0.1) is 5.10 Å². The molecule has 31 heavy (non-hydrogen) atoms. The number of hydrogen-bond donors (Lipinski definition) is 0. The Labute approximate surface area is 180 Å². The van der Waals surface area contributed by atoms with E-state index in [1.807, 2.05) is 31.8 Å². The lowest BCUT2D eigenvalue weighted by Crippen LogP contribution is -2.44. The van der Waals surface area contributed by atoms with Gasteiger partial charge in [-0.05, 0) is 29.8 Å². The van der Waals surface area contributed by atoms with Crippen LogP contribution in [0, 0.1) is 5.82 Å². The first-order valence-electron chi connectivity index (χ1n) is 9.88. The summed E-state index contributed by atoms with van der Waals surface area (Å²) in [4.78, 5) is 3.94. The number of halogens is 4.